The average molecular weight is 606 g/mol. The lowest BCUT2D eigenvalue weighted by atomic mass is 9.99. The number of imidazole rings is 1. The molecule has 222 valence electrons. The highest BCUT2D eigenvalue weighted by Crippen LogP contribution is 2.32. The van der Waals surface area contributed by atoms with E-state index >= 15 is 0 Å². The Morgan fingerprint density at radius 1 is 1.17 bits per heavy atom. The normalized spacial score (nSPS) is 18.8. The third kappa shape index (κ3) is 6.56. The zero-order chi connectivity index (χ0) is 30.1. The number of aliphatic hydroxyl groups is 1. The van der Waals surface area contributed by atoms with Gasteiger partial charge in [0, 0.05) is 38.4 Å². The van der Waals surface area contributed by atoms with Gasteiger partial charge in [0.05, 0.1) is 36.0 Å². The molecule has 0 fully saturated rings. The van der Waals surface area contributed by atoms with Gasteiger partial charge in [0.2, 0.25) is 0 Å². The molecule has 1 aromatic heterocycles. The smallest absolute Gasteiger partial charge is 0.261 e. The quantitative estimate of drug-likeness (QED) is 0.376. The molecule has 2 N–H and O–H groups in total. The lowest BCUT2D eigenvalue weighted by Crippen LogP contribution is -2.50. The fourth-order valence-corrected chi connectivity index (χ4v) is 6.66. The number of likely N-dealkylation sites (N-methyl/N-ethyl adjacent to an activating group) is 1. The molecule has 0 saturated heterocycles. The summed E-state index contributed by atoms with van der Waals surface area (Å²) in [6, 6.07) is 10.2. The SMILES string of the molecule is Cc1ccc(S(=O)(=O)Nc2ccc3c(c2)C(=O)N([C@H](C)CO)C[C@@H](C)[C@H](CN(C)S(=O)(=O)c2cn(C)cn2)O3)cc1. The van der Waals surface area contributed by atoms with Gasteiger partial charge in [-0.25, -0.2) is 21.8 Å². The third-order valence-electron chi connectivity index (χ3n) is 7.04. The Morgan fingerprint density at radius 2 is 1.85 bits per heavy atom. The first-order valence-electron chi connectivity index (χ1n) is 13.0. The number of amides is 1. The molecule has 1 amide bonds. The van der Waals surface area contributed by atoms with Gasteiger partial charge >= 0.3 is 0 Å². The Balaban J connectivity index is 1.68. The van der Waals surface area contributed by atoms with Crippen molar-refractivity contribution in [1.82, 2.24) is 18.8 Å². The molecule has 0 spiro atoms. The molecule has 0 aliphatic carbocycles. The maximum Gasteiger partial charge on any atom is 0.261 e. The van der Waals surface area contributed by atoms with Crippen molar-refractivity contribution in [2.45, 2.75) is 42.8 Å². The van der Waals surface area contributed by atoms with E-state index < -0.39 is 38.1 Å². The molecule has 3 aromatic rings. The second-order valence-corrected chi connectivity index (χ2v) is 14.1. The monoisotopic (exact) mass is 605 g/mol. The standard InChI is InChI=1S/C27H35N5O7S2/c1-18-6-9-22(10-7-18)40(35,36)29-21-8-11-24-23(12-21)27(34)32(20(3)16-33)13-19(2)25(39-24)14-31(5)41(37,38)26-15-30(4)17-28-26/h6-12,15,17,19-20,25,29,33H,13-14,16H2,1-5H3/t19-,20-,25+/m1/s1. The van der Waals surface area contributed by atoms with Crippen LogP contribution in [0.3, 0.4) is 0 Å². The molecule has 0 saturated carbocycles. The number of carbonyl (C=O) groups excluding carboxylic acids is 1. The highest BCUT2D eigenvalue weighted by molar-refractivity contribution is 7.92. The number of aromatic nitrogens is 2. The zero-order valence-corrected chi connectivity index (χ0v) is 25.2. The number of aryl methyl sites for hydroxylation is 2. The van der Waals surface area contributed by atoms with Gasteiger partial charge in [-0.15, -0.1) is 0 Å². The van der Waals surface area contributed by atoms with Crippen LogP contribution in [-0.4, -0.2) is 85.5 Å². The molecular weight excluding hydrogens is 570 g/mol. The minimum Gasteiger partial charge on any atom is -0.488 e. The van der Waals surface area contributed by atoms with Gasteiger partial charge < -0.3 is 19.3 Å². The van der Waals surface area contributed by atoms with E-state index in [0.29, 0.717) is 0 Å². The number of anilines is 1. The lowest BCUT2D eigenvalue weighted by Gasteiger charge is -2.38. The van der Waals surface area contributed by atoms with E-state index in [1.54, 1.807) is 26.1 Å². The van der Waals surface area contributed by atoms with Crippen molar-refractivity contribution in [2.24, 2.45) is 13.0 Å². The second-order valence-electron chi connectivity index (χ2n) is 10.4. The Hall–Kier alpha value is -3.46. The molecule has 0 bridgehead atoms. The van der Waals surface area contributed by atoms with Gasteiger partial charge in [0.15, 0.2) is 5.03 Å². The fourth-order valence-electron chi connectivity index (χ4n) is 4.47. The van der Waals surface area contributed by atoms with Gasteiger partial charge in [-0.2, -0.15) is 4.31 Å². The predicted octanol–water partition coefficient (Wildman–Crippen LogP) is 2.07. The van der Waals surface area contributed by atoms with E-state index in [1.807, 2.05) is 13.8 Å². The number of nitrogens with one attached hydrogen (secondary N) is 1. The molecule has 1 aliphatic heterocycles. The topological polar surface area (TPSA) is 151 Å². The molecule has 1 aliphatic rings. The Labute approximate surface area is 240 Å². The van der Waals surface area contributed by atoms with E-state index in [2.05, 4.69) is 9.71 Å². The first-order chi connectivity index (χ1) is 19.2. The number of ether oxygens (including phenoxy) is 1. The minimum atomic E-state index is -3.94. The summed E-state index contributed by atoms with van der Waals surface area (Å²) < 4.78 is 63.7. The van der Waals surface area contributed by atoms with Crippen LogP contribution in [0.4, 0.5) is 5.69 Å². The molecule has 2 aromatic carbocycles. The molecule has 41 heavy (non-hydrogen) atoms. The number of rotatable bonds is 9. The summed E-state index contributed by atoms with van der Waals surface area (Å²) in [6.45, 7) is 5.21. The van der Waals surface area contributed by atoms with Crippen molar-refractivity contribution >= 4 is 31.6 Å². The molecule has 12 nitrogen and oxygen atoms in total. The molecule has 0 radical (unpaired) electrons. The first kappa shape index (κ1) is 30.5. The van der Waals surface area contributed by atoms with Gasteiger partial charge in [-0.3, -0.25) is 9.52 Å². The number of nitrogens with zero attached hydrogens (tertiary/aromatic N) is 4. The van der Waals surface area contributed by atoms with Crippen molar-refractivity contribution in [3.05, 3.63) is 66.1 Å². The summed E-state index contributed by atoms with van der Waals surface area (Å²) in [4.78, 5) is 19.2. The molecule has 14 heteroatoms. The fraction of sp³-hybridized carbons (Fsp3) is 0.407. The Kier molecular flexibility index (Phi) is 8.78. The van der Waals surface area contributed by atoms with Gasteiger partial charge in [-0.1, -0.05) is 24.6 Å². The number of benzene rings is 2. The van der Waals surface area contributed by atoms with Crippen LogP contribution in [0.5, 0.6) is 5.75 Å². The number of fused-ring (bicyclic) bond motifs is 1. The maximum absolute atomic E-state index is 13.7. The predicted molar refractivity (Wildman–Crippen MR) is 153 cm³/mol. The van der Waals surface area contributed by atoms with E-state index in [9.17, 15) is 26.7 Å². The van der Waals surface area contributed by atoms with Crippen LogP contribution >= 0.6 is 0 Å². The van der Waals surface area contributed by atoms with E-state index in [-0.39, 0.29) is 52.5 Å². The van der Waals surface area contributed by atoms with Crippen LogP contribution in [0.1, 0.15) is 29.8 Å². The van der Waals surface area contributed by atoms with Gasteiger partial charge in [0.1, 0.15) is 11.9 Å². The maximum atomic E-state index is 13.7. The largest absolute Gasteiger partial charge is 0.488 e. The van der Waals surface area contributed by atoms with E-state index in [4.69, 9.17) is 4.74 Å². The summed E-state index contributed by atoms with van der Waals surface area (Å²) in [5.74, 6) is -0.608. The van der Waals surface area contributed by atoms with Gasteiger partial charge in [-0.05, 0) is 44.2 Å². The van der Waals surface area contributed by atoms with Crippen LogP contribution in [0, 0.1) is 12.8 Å². The second kappa shape index (κ2) is 11.8. The van der Waals surface area contributed by atoms with Crippen LogP contribution < -0.4 is 9.46 Å². The highest BCUT2D eigenvalue weighted by atomic mass is 32.2. The summed E-state index contributed by atoms with van der Waals surface area (Å²) in [7, 11) is -4.75. The summed E-state index contributed by atoms with van der Waals surface area (Å²) in [5.41, 5.74) is 1.15. The zero-order valence-electron chi connectivity index (χ0n) is 23.6. The van der Waals surface area contributed by atoms with E-state index in [1.165, 1.54) is 59.4 Å². The Bertz CT molecular complexity index is 1620. The molecule has 0 unspecified atom stereocenters. The minimum absolute atomic E-state index is 0.0448. The molecule has 3 atom stereocenters. The molecule has 2 heterocycles. The molecular formula is C27H35N5O7S2. The summed E-state index contributed by atoms with van der Waals surface area (Å²) in [5, 5.41) is 9.79. The van der Waals surface area contributed by atoms with Crippen molar-refractivity contribution in [2.75, 3.05) is 31.5 Å². The van der Waals surface area contributed by atoms with Crippen LogP contribution in [0.2, 0.25) is 0 Å². The van der Waals surface area contributed by atoms with Crippen LogP contribution in [-0.2, 0) is 27.1 Å². The van der Waals surface area contributed by atoms with Gasteiger partial charge in [0.25, 0.3) is 26.0 Å². The van der Waals surface area contributed by atoms with Crippen molar-refractivity contribution in [3.8, 4) is 5.75 Å². The van der Waals surface area contributed by atoms with Crippen LogP contribution in [0.25, 0.3) is 0 Å². The van der Waals surface area contributed by atoms with Crippen molar-refractivity contribution in [1.29, 1.82) is 0 Å². The van der Waals surface area contributed by atoms with Crippen LogP contribution in [0.15, 0.2) is 64.9 Å². The summed E-state index contributed by atoms with van der Waals surface area (Å²) in [6.07, 6.45) is 2.12. The number of carbonyl (C=O) groups is 1. The average Bonchev–Trinajstić information content (AvgIpc) is 3.37. The number of hydrogen-bond donors (Lipinski definition) is 2. The lowest BCUT2D eigenvalue weighted by molar-refractivity contribution is 0.0387. The van der Waals surface area contributed by atoms with Crippen molar-refractivity contribution in [3.63, 3.8) is 0 Å². The highest BCUT2D eigenvalue weighted by Gasteiger charge is 2.36. The number of aliphatic hydroxyl groups excluding tert-OH is 1. The number of hydrogen-bond acceptors (Lipinski definition) is 8. The van der Waals surface area contributed by atoms with E-state index in [0.717, 1.165) is 9.87 Å². The Morgan fingerprint density at radius 3 is 2.46 bits per heavy atom. The third-order valence-corrected chi connectivity index (χ3v) is 10.1. The van der Waals surface area contributed by atoms with Crippen molar-refractivity contribution < 1.29 is 31.5 Å². The summed E-state index contributed by atoms with van der Waals surface area (Å²) >= 11 is 0. The first-order valence-corrected chi connectivity index (χ1v) is 15.9. The number of sulfonamides is 2. The molecule has 4 rings (SSSR count).